The molecule has 0 aliphatic heterocycles. The van der Waals surface area contributed by atoms with Gasteiger partial charge in [-0.25, -0.2) is 4.79 Å². The highest BCUT2D eigenvalue weighted by Gasteiger charge is 1.80. The summed E-state index contributed by atoms with van der Waals surface area (Å²) in [5.41, 5.74) is -0.755. The Morgan fingerprint density at radius 2 is 2.00 bits per heavy atom. The summed E-state index contributed by atoms with van der Waals surface area (Å²) in [4.78, 5) is 9.36. The van der Waals surface area contributed by atoms with Crippen LogP contribution in [-0.4, -0.2) is 10.8 Å². The molecular formula is CH7NO2P2. The first-order valence-corrected chi connectivity index (χ1v) is 3.78. The van der Waals surface area contributed by atoms with Gasteiger partial charge < -0.3 is 11.3 Å². The average Bonchev–Trinajstić information content (AvgIpc) is 1.38. The normalized spacial score (nSPS) is 8.17. The minimum absolute atomic E-state index is 0. The third-order valence-corrected chi connectivity index (χ3v) is 1.11. The van der Waals surface area contributed by atoms with Crippen molar-refractivity contribution in [3.05, 3.63) is 0 Å². The van der Waals surface area contributed by atoms with E-state index in [2.05, 4.69) is 8.93 Å². The van der Waals surface area contributed by atoms with E-state index in [0.717, 1.165) is 0 Å². The molecule has 5 heteroatoms. The molecule has 2 atom stereocenters. The fourth-order valence-corrected chi connectivity index (χ4v) is 0. The summed E-state index contributed by atoms with van der Waals surface area (Å²) in [5.74, 6) is 0. The second-order valence-corrected chi connectivity index (χ2v) is 2.03. The highest BCUT2D eigenvalue weighted by Crippen LogP contribution is 2.19. The van der Waals surface area contributed by atoms with E-state index >= 15 is 0 Å². The zero-order valence-electron chi connectivity index (χ0n) is 3.14. The van der Waals surface area contributed by atoms with E-state index in [1.807, 2.05) is 0 Å². The lowest BCUT2D eigenvalue weighted by Crippen LogP contribution is -1.69. The van der Waals surface area contributed by atoms with Gasteiger partial charge >= 0.3 is 5.71 Å². The molecule has 0 heterocycles. The molecule has 0 aromatic heterocycles. The van der Waals surface area contributed by atoms with Crippen molar-refractivity contribution >= 4 is 22.9 Å². The Morgan fingerprint density at radius 1 is 1.83 bits per heavy atom. The van der Waals surface area contributed by atoms with Gasteiger partial charge in [-0.15, -0.1) is 8.93 Å². The van der Waals surface area contributed by atoms with Crippen molar-refractivity contribution in [1.29, 1.82) is 0 Å². The van der Waals surface area contributed by atoms with E-state index < -0.39 is 5.71 Å². The van der Waals surface area contributed by atoms with Gasteiger partial charge in [0.2, 0.25) is 0 Å². The Balaban J connectivity index is 0. The molecule has 3 nitrogen and oxygen atoms in total. The van der Waals surface area contributed by atoms with E-state index in [0.29, 0.717) is 0 Å². The standard InChI is InChI=1S/CH4O2P2.H3N/c2-1(3)5-4;/h5H,4H2,(H,2,3);1H3. The first-order chi connectivity index (χ1) is 2.27. The Bertz CT molecular complexity index is 46.8. The van der Waals surface area contributed by atoms with E-state index in [4.69, 9.17) is 5.11 Å². The number of rotatable bonds is 1. The van der Waals surface area contributed by atoms with Crippen molar-refractivity contribution in [3.8, 4) is 0 Å². The Morgan fingerprint density at radius 3 is 2.00 bits per heavy atom. The maximum Gasteiger partial charge on any atom is 0.324 e. The van der Waals surface area contributed by atoms with Crippen molar-refractivity contribution < 1.29 is 9.90 Å². The van der Waals surface area contributed by atoms with E-state index in [1.165, 1.54) is 0 Å². The predicted octanol–water partition coefficient (Wildman–Crippen LogP) is 1.29. The maximum absolute atomic E-state index is 9.36. The summed E-state index contributed by atoms with van der Waals surface area (Å²) in [6.07, 6.45) is 0. The lowest BCUT2D eigenvalue weighted by molar-refractivity contribution is 0.222. The van der Waals surface area contributed by atoms with Crippen LogP contribution < -0.4 is 6.15 Å². The van der Waals surface area contributed by atoms with Crippen molar-refractivity contribution in [2.24, 2.45) is 0 Å². The summed E-state index contributed by atoms with van der Waals surface area (Å²) < 4.78 is 0. The molecule has 6 heavy (non-hydrogen) atoms. The maximum atomic E-state index is 9.36. The first kappa shape index (κ1) is 9.56. The molecule has 0 saturated heterocycles. The molecule has 0 fully saturated rings. The molecule has 0 aromatic carbocycles. The summed E-state index contributed by atoms with van der Waals surface area (Å²) >= 11 is 0. The van der Waals surface area contributed by atoms with Gasteiger partial charge in [0, 0.05) is 8.27 Å². The molecule has 0 amide bonds. The SMILES string of the molecule is N.O=C(O)PP. The predicted molar refractivity (Wildman–Crippen MR) is 31.1 cm³/mol. The van der Waals surface area contributed by atoms with Crippen LogP contribution in [0.3, 0.4) is 0 Å². The van der Waals surface area contributed by atoms with E-state index in [1.54, 1.807) is 0 Å². The minimum Gasteiger partial charge on any atom is -0.478 e. The van der Waals surface area contributed by atoms with Crippen LogP contribution in [0.4, 0.5) is 4.79 Å². The third-order valence-electron chi connectivity index (χ3n) is 0.123. The zero-order valence-corrected chi connectivity index (χ0v) is 5.29. The molecule has 4 N–H and O–H groups in total. The van der Waals surface area contributed by atoms with Crippen LogP contribution in [0.5, 0.6) is 0 Å². The molecule has 38 valence electrons. The van der Waals surface area contributed by atoms with E-state index in [-0.39, 0.29) is 14.4 Å². The summed E-state index contributed by atoms with van der Waals surface area (Å²) in [5, 5.41) is 7.71. The lowest BCUT2D eigenvalue weighted by atomic mass is 11.6. The minimum atomic E-state index is -0.755. The van der Waals surface area contributed by atoms with Crippen LogP contribution in [-0.2, 0) is 0 Å². The van der Waals surface area contributed by atoms with Gasteiger partial charge in [0.1, 0.15) is 0 Å². The van der Waals surface area contributed by atoms with Crippen LogP contribution >= 0.6 is 17.2 Å². The zero-order chi connectivity index (χ0) is 4.28. The molecule has 0 aliphatic rings. The van der Waals surface area contributed by atoms with Crippen molar-refractivity contribution in [1.82, 2.24) is 6.15 Å². The molecule has 0 rings (SSSR count). The molecular weight excluding hydrogens is 120 g/mol. The number of hydrogen-bond acceptors (Lipinski definition) is 2. The van der Waals surface area contributed by atoms with Gasteiger partial charge in [-0.05, 0) is 0 Å². The second-order valence-electron chi connectivity index (χ2n) is 0.449. The second kappa shape index (κ2) is 5.29. The van der Waals surface area contributed by atoms with Gasteiger partial charge in [-0.3, -0.25) is 0 Å². The topological polar surface area (TPSA) is 72.3 Å². The van der Waals surface area contributed by atoms with Crippen molar-refractivity contribution in [2.45, 2.75) is 0 Å². The van der Waals surface area contributed by atoms with Crippen molar-refractivity contribution in [3.63, 3.8) is 0 Å². The summed E-state index contributed by atoms with van der Waals surface area (Å²) in [7, 11) is 2.07. The highest BCUT2D eigenvalue weighted by molar-refractivity contribution is 8.11. The fourth-order valence-electron chi connectivity index (χ4n) is 0. The van der Waals surface area contributed by atoms with Crippen LogP contribution in [0.25, 0.3) is 0 Å². The van der Waals surface area contributed by atoms with E-state index in [9.17, 15) is 4.79 Å². The van der Waals surface area contributed by atoms with Gasteiger partial charge in [0.05, 0.1) is 0 Å². The molecule has 0 spiro atoms. The van der Waals surface area contributed by atoms with Crippen LogP contribution in [0, 0.1) is 0 Å². The lowest BCUT2D eigenvalue weighted by Gasteiger charge is -1.72. The molecule has 0 bridgehead atoms. The number of carboxylic acid groups (broad SMARTS) is 1. The van der Waals surface area contributed by atoms with Gasteiger partial charge in [0.15, 0.2) is 0 Å². The molecule has 0 aromatic rings. The van der Waals surface area contributed by atoms with Gasteiger partial charge in [0.25, 0.3) is 0 Å². The summed E-state index contributed by atoms with van der Waals surface area (Å²) in [6.45, 7) is 0. The van der Waals surface area contributed by atoms with Gasteiger partial charge in [-0.1, -0.05) is 0 Å². The first-order valence-electron chi connectivity index (χ1n) is 0.966. The third kappa shape index (κ3) is 8.85. The fraction of sp³-hybridized carbons (Fsp3) is 0. The smallest absolute Gasteiger partial charge is 0.324 e. The molecule has 0 radical (unpaired) electrons. The Hall–Kier alpha value is 0.290. The largest absolute Gasteiger partial charge is 0.478 e. The molecule has 2 unspecified atom stereocenters. The number of carbonyl (C=O) groups is 1. The highest BCUT2D eigenvalue weighted by atomic mass is 32.0. The Kier molecular flexibility index (Phi) is 8.43. The Labute approximate surface area is 40.0 Å². The van der Waals surface area contributed by atoms with Crippen molar-refractivity contribution in [2.75, 3.05) is 0 Å². The molecule has 0 saturated carbocycles. The van der Waals surface area contributed by atoms with Crippen LogP contribution in [0.1, 0.15) is 0 Å². The molecule has 0 aliphatic carbocycles. The van der Waals surface area contributed by atoms with Gasteiger partial charge in [-0.2, -0.15) is 0 Å². The van der Waals surface area contributed by atoms with Crippen LogP contribution in [0.15, 0.2) is 0 Å². The number of hydrogen-bond donors (Lipinski definition) is 2. The summed E-state index contributed by atoms with van der Waals surface area (Å²) in [6, 6.07) is 0. The van der Waals surface area contributed by atoms with Crippen LogP contribution in [0.2, 0.25) is 0 Å². The monoisotopic (exact) mass is 127 g/mol. The quantitative estimate of drug-likeness (QED) is 0.521. The average molecular weight is 127 g/mol.